The van der Waals surface area contributed by atoms with Crippen LogP contribution in [0.15, 0.2) is 58.1 Å². The van der Waals surface area contributed by atoms with Gasteiger partial charge in [0.05, 0.1) is 4.75 Å². The topological polar surface area (TPSA) is 34.1 Å². The Hall–Kier alpha value is -1.35. The highest BCUT2D eigenvalue weighted by atomic mass is 32.2. The number of sulfone groups is 1. The average molecular weight is 443 g/mol. The molecule has 3 aliphatic rings. The monoisotopic (exact) mass is 442 g/mol. The van der Waals surface area contributed by atoms with Crippen LogP contribution in [0, 0.1) is 11.3 Å². The second-order valence-corrected chi connectivity index (χ2v) is 13.9. The Kier molecular flexibility index (Phi) is 7.25. The summed E-state index contributed by atoms with van der Waals surface area (Å²) in [6.45, 7) is 13.8. The van der Waals surface area contributed by atoms with E-state index in [1.165, 1.54) is 55.2 Å². The minimum Gasteiger partial charge on any atom is -0.224 e. The molecule has 3 rings (SSSR count). The van der Waals surface area contributed by atoms with Crippen LogP contribution >= 0.6 is 0 Å². The Morgan fingerprint density at radius 2 is 1.87 bits per heavy atom. The molecule has 0 heterocycles. The van der Waals surface area contributed by atoms with Gasteiger partial charge < -0.3 is 0 Å². The maximum Gasteiger partial charge on any atom is 0.178 e. The normalized spacial score (nSPS) is 30.6. The molecular weight excluding hydrogens is 400 g/mol. The van der Waals surface area contributed by atoms with E-state index in [1.807, 2.05) is 6.08 Å². The van der Waals surface area contributed by atoms with Crippen LogP contribution in [0.3, 0.4) is 0 Å². The molecule has 0 radical (unpaired) electrons. The third-order valence-corrected chi connectivity index (χ3v) is 10.5. The lowest BCUT2D eigenvalue weighted by molar-refractivity contribution is 0.229. The van der Waals surface area contributed by atoms with Crippen molar-refractivity contribution in [3.8, 4) is 0 Å². The number of hydrogen-bond acceptors (Lipinski definition) is 2. The summed E-state index contributed by atoms with van der Waals surface area (Å²) in [6.07, 6.45) is 20.7. The molecule has 2 atom stereocenters. The lowest BCUT2D eigenvalue weighted by Gasteiger charge is -2.41. The summed E-state index contributed by atoms with van der Waals surface area (Å²) in [5.41, 5.74) is 6.16. The van der Waals surface area contributed by atoms with Gasteiger partial charge in [-0.1, -0.05) is 54.5 Å². The number of allylic oxidation sites excluding steroid dienone is 9. The van der Waals surface area contributed by atoms with Crippen molar-refractivity contribution < 1.29 is 8.42 Å². The summed E-state index contributed by atoms with van der Waals surface area (Å²) in [5.74, 6) is 0.605. The van der Waals surface area contributed by atoms with Crippen molar-refractivity contribution >= 4 is 9.84 Å². The Balaban J connectivity index is 1.70. The summed E-state index contributed by atoms with van der Waals surface area (Å²) < 4.78 is 24.5. The molecule has 172 valence electrons. The molecule has 0 aromatic carbocycles. The van der Waals surface area contributed by atoms with E-state index in [0.29, 0.717) is 10.8 Å². The van der Waals surface area contributed by atoms with Crippen molar-refractivity contribution in [3.63, 3.8) is 0 Å². The second kappa shape index (κ2) is 9.25. The van der Waals surface area contributed by atoms with E-state index in [9.17, 15) is 8.42 Å². The van der Waals surface area contributed by atoms with E-state index < -0.39 is 14.6 Å². The van der Waals surface area contributed by atoms with Crippen molar-refractivity contribution in [1.82, 2.24) is 0 Å². The van der Waals surface area contributed by atoms with E-state index >= 15 is 0 Å². The predicted octanol–water partition coefficient (Wildman–Crippen LogP) is 8.00. The maximum absolute atomic E-state index is 12.6. The fraction of sp³-hybridized carbons (Fsp3) is 0.643. The lowest BCUT2D eigenvalue weighted by atomic mass is 9.63. The molecule has 0 N–H and O–H groups in total. The minimum absolute atomic E-state index is 0.233. The van der Waals surface area contributed by atoms with Crippen LogP contribution in [0.4, 0.5) is 0 Å². The summed E-state index contributed by atoms with van der Waals surface area (Å²) in [6, 6.07) is 0. The minimum atomic E-state index is -3.22. The molecule has 0 unspecified atom stereocenters. The van der Waals surface area contributed by atoms with E-state index in [4.69, 9.17) is 0 Å². The van der Waals surface area contributed by atoms with Crippen LogP contribution in [0.2, 0.25) is 0 Å². The van der Waals surface area contributed by atoms with Crippen LogP contribution in [0.1, 0.15) is 98.8 Å². The molecule has 2 fully saturated rings. The van der Waals surface area contributed by atoms with Crippen LogP contribution in [0.25, 0.3) is 0 Å². The van der Waals surface area contributed by atoms with Gasteiger partial charge in [-0.25, -0.2) is 8.42 Å². The van der Waals surface area contributed by atoms with Crippen LogP contribution < -0.4 is 0 Å². The summed E-state index contributed by atoms with van der Waals surface area (Å²) in [5, 5.41) is 0. The number of hydrogen-bond donors (Lipinski definition) is 0. The zero-order valence-corrected chi connectivity index (χ0v) is 21.2. The van der Waals surface area contributed by atoms with Crippen LogP contribution in [-0.2, 0) is 9.84 Å². The van der Waals surface area contributed by atoms with Gasteiger partial charge in [-0.2, -0.15) is 0 Å². The molecule has 0 bridgehead atoms. The van der Waals surface area contributed by atoms with Gasteiger partial charge in [0.25, 0.3) is 0 Å². The molecule has 3 aliphatic carbocycles. The van der Waals surface area contributed by atoms with Gasteiger partial charge in [0.1, 0.15) is 0 Å². The lowest BCUT2D eigenvalue weighted by Crippen LogP contribution is -2.30. The molecule has 2 nitrogen and oxygen atoms in total. The molecule has 3 heteroatoms. The van der Waals surface area contributed by atoms with Crippen molar-refractivity contribution in [3.05, 3.63) is 58.1 Å². The summed E-state index contributed by atoms with van der Waals surface area (Å²) >= 11 is 0. The standard InChI is InChI=1S/C28H42O2S/c1-21-11-7-8-13-23(21)16-17-24-14-10-20-28(6)25(18-19-26(24)28)15-9-12-22(2)31(29,30)27(3,4)5/h12,16-18,26H,1,7-11,13-15,19-20H2,2-6H3/b22-12+,23-16-,24-17+/t26-,28+/m0/s1. The van der Waals surface area contributed by atoms with Crippen LogP contribution in [0.5, 0.6) is 0 Å². The molecule has 0 aliphatic heterocycles. The third kappa shape index (κ3) is 5.02. The molecule has 0 amide bonds. The Morgan fingerprint density at radius 1 is 1.16 bits per heavy atom. The molecule has 0 aromatic rings. The highest BCUT2D eigenvalue weighted by Crippen LogP contribution is 2.55. The van der Waals surface area contributed by atoms with Gasteiger partial charge in [0, 0.05) is 4.91 Å². The second-order valence-electron chi connectivity index (χ2n) is 11.0. The van der Waals surface area contributed by atoms with Gasteiger partial charge in [-0.15, -0.1) is 0 Å². The Morgan fingerprint density at radius 3 is 2.55 bits per heavy atom. The molecule has 0 aromatic heterocycles. The highest BCUT2D eigenvalue weighted by Gasteiger charge is 2.44. The zero-order chi connectivity index (χ0) is 22.9. The zero-order valence-electron chi connectivity index (χ0n) is 20.4. The SMILES string of the molecule is C=C1CCCC/C1=C/C=C1\CCC[C@]2(C)C(CC/C=C(\C)S(=O)(=O)C(C)(C)C)=CC[C@@H]12. The predicted molar refractivity (Wildman–Crippen MR) is 134 cm³/mol. The molecule has 2 saturated carbocycles. The third-order valence-electron chi connectivity index (χ3n) is 7.91. The molecule has 0 spiro atoms. The Labute approximate surface area is 191 Å². The average Bonchev–Trinajstić information content (AvgIpc) is 3.03. The first-order chi connectivity index (χ1) is 14.5. The van der Waals surface area contributed by atoms with E-state index in [1.54, 1.807) is 33.3 Å². The summed E-state index contributed by atoms with van der Waals surface area (Å²) in [7, 11) is -3.22. The molecule has 0 saturated heterocycles. The fourth-order valence-corrected chi connectivity index (χ4v) is 7.02. The first-order valence-electron chi connectivity index (χ1n) is 12.2. The van der Waals surface area contributed by atoms with E-state index in [0.717, 1.165) is 25.7 Å². The largest absolute Gasteiger partial charge is 0.224 e. The van der Waals surface area contributed by atoms with Crippen molar-refractivity contribution in [2.45, 2.75) is 104 Å². The Bertz CT molecular complexity index is 934. The van der Waals surface area contributed by atoms with Crippen molar-refractivity contribution in [2.24, 2.45) is 11.3 Å². The van der Waals surface area contributed by atoms with Gasteiger partial charge in [0.2, 0.25) is 0 Å². The first kappa shape index (κ1) is 24.3. The molecular formula is C28H42O2S. The quantitative estimate of drug-likeness (QED) is 0.404. The number of rotatable bonds is 5. The van der Waals surface area contributed by atoms with Crippen LogP contribution in [-0.4, -0.2) is 13.2 Å². The smallest absolute Gasteiger partial charge is 0.178 e. The maximum atomic E-state index is 12.6. The molecule has 31 heavy (non-hydrogen) atoms. The van der Waals surface area contributed by atoms with Gasteiger partial charge >= 0.3 is 0 Å². The van der Waals surface area contributed by atoms with Gasteiger partial charge in [-0.05, 0) is 109 Å². The first-order valence-corrected chi connectivity index (χ1v) is 13.6. The van der Waals surface area contributed by atoms with Crippen molar-refractivity contribution in [2.75, 3.05) is 0 Å². The summed E-state index contributed by atoms with van der Waals surface area (Å²) in [4.78, 5) is 0.517. The van der Waals surface area contributed by atoms with E-state index in [2.05, 4.69) is 31.7 Å². The number of fused-ring (bicyclic) bond motifs is 1. The highest BCUT2D eigenvalue weighted by molar-refractivity contribution is 7.96. The van der Waals surface area contributed by atoms with Crippen molar-refractivity contribution in [1.29, 1.82) is 0 Å². The van der Waals surface area contributed by atoms with Gasteiger partial charge in [0.15, 0.2) is 9.84 Å². The van der Waals surface area contributed by atoms with Gasteiger partial charge in [-0.3, -0.25) is 0 Å². The van der Waals surface area contributed by atoms with E-state index in [-0.39, 0.29) is 5.41 Å². The fourth-order valence-electron chi connectivity index (χ4n) is 5.72.